The summed E-state index contributed by atoms with van der Waals surface area (Å²) in [6.07, 6.45) is 9.97. The third-order valence-electron chi connectivity index (χ3n) is 2.65. The summed E-state index contributed by atoms with van der Waals surface area (Å²) in [5, 5.41) is 0. The first-order valence-corrected chi connectivity index (χ1v) is 5.86. The molecule has 0 radical (unpaired) electrons. The highest BCUT2D eigenvalue weighted by Gasteiger charge is 2.28. The third kappa shape index (κ3) is 3.72. The van der Waals surface area contributed by atoms with E-state index in [-0.39, 0.29) is 11.9 Å². The Bertz CT molecular complexity index is 279. The Hall–Kier alpha value is -1.25. The number of carbonyl (C=O) groups excluding carboxylic acids is 1. The lowest BCUT2D eigenvalue weighted by atomic mass is 10.0. The minimum Gasteiger partial charge on any atom is -0.505 e. The van der Waals surface area contributed by atoms with Crippen molar-refractivity contribution in [3.05, 3.63) is 24.0 Å². The Labute approximate surface area is 97.1 Å². The molecule has 0 aromatic carbocycles. The minimum atomic E-state index is -0.178. The van der Waals surface area contributed by atoms with Crippen LogP contribution in [0.4, 0.5) is 0 Å². The highest BCUT2D eigenvalue weighted by atomic mass is 16.5. The number of esters is 1. The standard InChI is InChI=1S/C13H20O3/c1-3-4-5-6-7-12-11(8-9-15-2)10-16-13(12)14/h7-9,11H,3-6,10H2,1-2H3/b9-8+,12-7-/t11-/m1/s1. The molecule has 3 nitrogen and oxygen atoms in total. The average molecular weight is 224 g/mol. The van der Waals surface area contributed by atoms with Crippen molar-refractivity contribution < 1.29 is 14.3 Å². The molecule has 3 heteroatoms. The van der Waals surface area contributed by atoms with Crippen molar-refractivity contribution in [2.24, 2.45) is 5.92 Å². The van der Waals surface area contributed by atoms with Crippen LogP contribution in [0.25, 0.3) is 0 Å². The number of carbonyl (C=O) groups is 1. The second kappa shape index (κ2) is 7.09. The maximum atomic E-state index is 11.4. The van der Waals surface area contributed by atoms with Gasteiger partial charge in [-0.15, -0.1) is 0 Å². The van der Waals surface area contributed by atoms with Crippen LogP contribution in [-0.4, -0.2) is 19.7 Å². The number of unbranched alkanes of at least 4 members (excludes halogenated alkanes) is 3. The third-order valence-corrected chi connectivity index (χ3v) is 2.65. The fourth-order valence-electron chi connectivity index (χ4n) is 1.71. The number of cyclic esters (lactones) is 1. The molecule has 0 aliphatic carbocycles. The molecule has 1 atom stereocenters. The molecular weight excluding hydrogens is 204 g/mol. The lowest BCUT2D eigenvalue weighted by Crippen LogP contribution is -2.00. The molecule has 0 aromatic heterocycles. The Morgan fingerprint density at radius 1 is 1.50 bits per heavy atom. The fraction of sp³-hybridized carbons (Fsp3) is 0.615. The van der Waals surface area contributed by atoms with Crippen LogP contribution in [0.1, 0.15) is 32.6 Å². The zero-order valence-corrected chi connectivity index (χ0v) is 10.1. The number of allylic oxidation sites excluding steroid dienone is 1. The number of rotatable bonds is 6. The van der Waals surface area contributed by atoms with Gasteiger partial charge in [0.15, 0.2) is 0 Å². The monoisotopic (exact) mass is 224 g/mol. The lowest BCUT2D eigenvalue weighted by Gasteiger charge is -2.01. The molecule has 1 saturated heterocycles. The summed E-state index contributed by atoms with van der Waals surface area (Å²) in [5.74, 6) is -0.115. The lowest BCUT2D eigenvalue weighted by molar-refractivity contribution is -0.135. The highest BCUT2D eigenvalue weighted by molar-refractivity contribution is 5.91. The summed E-state index contributed by atoms with van der Waals surface area (Å²) in [4.78, 5) is 11.4. The fourth-order valence-corrected chi connectivity index (χ4v) is 1.71. The number of methoxy groups -OCH3 is 1. The molecule has 1 fully saturated rings. The molecular formula is C13H20O3. The number of hydrogen-bond acceptors (Lipinski definition) is 3. The van der Waals surface area contributed by atoms with E-state index in [1.807, 2.05) is 12.2 Å². The van der Waals surface area contributed by atoms with Crippen LogP contribution in [0.15, 0.2) is 24.0 Å². The molecule has 1 aliphatic rings. The van der Waals surface area contributed by atoms with Gasteiger partial charge in [0, 0.05) is 11.5 Å². The smallest absolute Gasteiger partial charge is 0.334 e. The van der Waals surface area contributed by atoms with Crippen LogP contribution in [0.2, 0.25) is 0 Å². The summed E-state index contributed by atoms with van der Waals surface area (Å²) < 4.78 is 9.87. The van der Waals surface area contributed by atoms with E-state index in [0.717, 1.165) is 18.4 Å². The largest absolute Gasteiger partial charge is 0.505 e. The van der Waals surface area contributed by atoms with Crippen LogP contribution in [-0.2, 0) is 14.3 Å². The molecule has 0 N–H and O–H groups in total. The summed E-state index contributed by atoms with van der Waals surface area (Å²) >= 11 is 0. The van der Waals surface area contributed by atoms with E-state index in [1.54, 1.807) is 13.4 Å². The van der Waals surface area contributed by atoms with Crippen LogP contribution < -0.4 is 0 Å². The first-order valence-electron chi connectivity index (χ1n) is 5.86. The molecule has 0 aromatic rings. The first kappa shape index (κ1) is 12.8. The maximum absolute atomic E-state index is 11.4. The van der Waals surface area contributed by atoms with Crippen LogP contribution in [0, 0.1) is 5.92 Å². The van der Waals surface area contributed by atoms with Crippen molar-refractivity contribution in [2.45, 2.75) is 32.6 Å². The zero-order chi connectivity index (χ0) is 11.8. The van der Waals surface area contributed by atoms with Crippen LogP contribution in [0.3, 0.4) is 0 Å². The average Bonchev–Trinajstić information content (AvgIpc) is 2.63. The van der Waals surface area contributed by atoms with Gasteiger partial charge in [-0.25, -0.2) is 4.79 Å². The molecule has 90 valence electrons. The van der Waals surface area contributed by atoms with Crippen molar-refractivity contribution in [3.8, 4) is 0 Å². The van der Waals surface area contributed by atoms with Crippen molar-refractivity contribution in [1.29, 1.82) is 0 Å². The Kier molecular flexibility index (Phi) is 5.68. The van der Waals surface area contributed by atoms with E-state index in [0.29, 0.717) is 6.61 Å². The van der Waals surface area contributed by atoms with Gasteiger partial charge in [-0.05, 0) is 18.9 Å². The first-order chi connectivity index (χ1) is 7.79. The SMILES string of the molecule is CCCCC/C=C1\C(=O)OC[C@H]1/C=C/OC. The Balaban J connectivity index is 2.51. The maximum Gasteiger partial charge on any atom is 0.334 e. The van der Waals surface area contributed by atoms with Gasteiger partial charge in [-0.2, -0.15) is 0 Å². The molecule has 0 unspecified atom stereocenters. The van der Waals surface area contributed by atoms with Crippen LogP contribution >= 0.6 is 0 Å². The van der Waals surface area contributed by atoms with Gasteiger partial charge in [-0.3, -0.25) is 0 Å². The van der Waals surface area contributed by atoms with Crippen molar-refractivity contribution in [2.75, 3.05) is 13.7 Å². The van der Waals surface area contributed by atoms with Gasteiger partial charge in [-0.1, -0.05) is 25.8 Å². The summed E-state index contributed by atoms with van der Waals surface area (Å²) in [6, 6.07) is 0. The Morgan fingerprint density at radius 2 is 2.31 bits per heavy atom. The zero-order valence-electron chi connectivity index (χ0n) is 10.1. The molecule has 0 saturated carbocycles. The van der Waals surface area contributed by atoms with E-state index in [4.69, 9.17) is 9.47 Å². The van der Waals surface area contributed by atoms with Gasteiger partial charge in [0.1, 0.15) is 6.61 Å². The number of hydrogen-bond donors (Lipinski definition) is 0. The van der Waals surface area contributed by atoms with Crippen molar-refractivity contribution >= 4 is 5.97 Å². The normalized spacial score (nSPS) is 23.0. The van der Waals surface area contributed by atoms with Gasteiger partial charge >= 0.3 is 5.97 Å². The number of ether oxygens (including phenoxy) is 2. The molecule has 1 heterocycles. The summed E-state index contributed by atoms with van der Waals surface area (Å²) in [5.41, 5.74) is 0.782. The quantitative estimate of drug-likeness (QED) is 0.301. The molecule has 0 spiro atoms. The molecule has 0 bridgehead atoms. The summed E-state index contributed by atoms with van der Waals surface area (Å²) in [7, 11) is 1.60. The van der Waals surface area contributed by atoms with E-state index < -0.39 is 0 Å². The van der Waals surface area contributed by atoms with E-state index in [9.17, 15) is 4.79 Å². The second-order valence-electron chi connectivity index (χ2n) is 3.92. The van der Waals surface area contributed by atoms with Crippen molar-refractivity contribution in [3.63, 3.8) is 0 Å². The molecule has 16 heavy (non-hydrogen) atoms. The topological polar surface area (TPSA) is 35.5 Å². The Morgan fingerprint density at radius 3 is 3.00 bits per heavy atom. The summed E-state index contributed by atoms with van der Waals surface area (Å²) in [6.45, 7) is 2.61. The van der Waals surface area contributed by atoms with Gasteiger partial charge in [0.2, 0.25) is 0 Å². The predicted molar refractivity (Wildman–Crippen MR) is 62.8 cm³/mol. The minimum absolute atomic E-state index is 0.0640. The van der Waals surface area contributed by atoms with E-state index >= 15 is 0 Å². The van der Waals surface area contributed by atoms with E-state index in [2.05, 4.69) is 6.92 Å². The van der Waals surface area contributed by atoms with Gasteiger partial charge < -0.3 is 9.47 Å². The van der Waals surface area contributed by atoms with Crippen LogP contribution in [0.5, 0.6) is 0 Å². The van der Waals surface area contributed by atoms with Gasteiger partial charge in [0.05, 0.1) is 13.4 Å². The van der Waals surface area contributed by atoms with E-state index in [1.165, 1.54) is 12.8 Å². The highest BCUT2D eigenvalue weighted by Crippen LogP contribution is 2.23. The molecule has 0 amide bonds. The van der Waals surface area contributed by atoms with Crippen molar-refractivity contribution in [1.82, 2.24) is 0 Å². The van der Waals surface area contributed by atoms with Gasteiger partial charge in [0.25, 0.3) is 0 Å². The second-order valence-corrected chi connectivity index (χ2v) is 3.92. The predicted octanol–water partition coefficient (Wildman–Crippen LogP) is 2.83. The molecule has 1 rings (SSSR count). The molecule has 1 aliphatic heterocycles.